The average molecular weight is 286 g/mol. The summed E-state index contributed by atoms with van der Waals surface area (Å²) in [6, 6.07) is 7.54. The number of fused-ring (bicyclic) bond motifs is 1. The standard InChI is InChI=1S/C14H17F3N2O/c1-19(7-6-14(15,16)17)13(20)12-9-18-8-10-4-2-3-5-11(10)12/h2-5,12,18H,6-9H2,1H3. The molecule has 1 aliphatic heterocycles. The zero-order valence-electron chi connectivity index (χ0n) is 11.2. The molecule has 0 aliphatic carbocycles. The van der Waals surface area contributed by atoms with Crippen molar-refractivity contribution in [2.45, 2.75) is 25.1 Å². The number of halogens is 3. The fourth-order valence-corrected chi connectivity index (χ4v) is 2.39. The molecule has 0 radical (unpaired) electrons. The number of nitrogens with zero attached hydrogens (tertiary/aromatic N) is 1. The Morgan fingerprint density at radius 2 is 2.10 bits per heavy atom. The Labute approximate surface area is 115 Å². The van der Waals surface area contributed by atoms with Crippen LogP contribution in [0.5, 0.6) is 0 Å². The van der Waals surface area contributed by atoms with Crippen molar-refractivity contribution in [3.05, 3.63) is 35.4 Å². The molecule has 20 heavy (non-hydrogen) atoms. The van der Waals surface area contributed by atoms with Crippen LogP contribution < -0.4 is 5.32 Å². The first-order chi connectivity index (χ1) is 9.38. The fourth-order valence-electron chi connectivity index (χ4n) is 2.39. The highest BCUT2D eigenvalue weighted by molar-refractivity contribution is 5.84. The highest BCUT2D eigenvalue weighted by Gasteiger charge is 2.31. The Morgan fingerprint density at radius 1 is 1.40 bits per heavy atom. The van der Waals surface area contributed by atoms with E-state index in [0.29, 0.717) is 13.1 Å². The molecule has 1 unspecified atom stereocenters. The van der Waals surface area contributed by atoms with Crippen molar-refractivity contribution >= 4 is 5.91 Å². The minimum Gasteiger partial charge on any atom is -0.345 e. The average Bonchev–Trinajstić information content (AvgIpc) is 2.42. The van der Waals surface area contributed by atoms with E-state index in [1.807, 2.05) is 24.3 Å². The number of rotatable bonds is 3. The summed E-state index contributed by atoms with van der Waals surface area (Å²) in [5, 5.41) is 3.13. The number of benzene rings is 1. The molecule has 0 fully saturated rings. The summed E-state index contributed by atoms with van der Waals surface area (Å²) >= 11 is 0. The van der Waals surface area contributed by atoms with Gasteiger partial charge in [0.1, 0.15) is 0 Å². The summed E-state index contributed by atoms with van der Waals surface area (Å²) in [6.45, 7) is 0.847. The van der Waals surface area contributed by atoms with Crippen LogP contribution in [0.4, 0.5) is 13.2 Å². The largest absolute Gasteiger partial charge is 0.390 e. The van der Waals surface area contributed by atoms with Crippen molar-refractivity contribution < 1.29 is 18.0 Å². The van der Waals surface area contributed by atoms with E-state index in [-0.39, 0.29) is 12.5 Å². The number of alkyl halides is 3. The van der Waals surface area contributed by atoms with Crippen LogP contribution in [0.25, 0.3) is 0 Å². The van der Waals surface area contributed by atoms with E-state index in [1.54, 1.807) is 0 Å². The van der Waals surface area contributed by atoms with Crippen LogP contribution in [0.2, 0.25) is 0 Å². The highest BCUT2D eigenvalue weighted by Crippen LogP contribution is 2.26. The third kappa shape index (κ3) is 3.50. The number of hydrogen-bond donors (Lipinski definition) is 1. The first-order valence-electron chi connectivity index (χ1n) is 6.49. The molecule has 1 atom stereocenters. The van der Waals surface area contributed by atoms with Crippen LogP contribution in [-0.2, 0) is 11.3 Å². The zero-order chi connectivity index (χ0) is 14.8. The quantitative estimate of drug-likeness (QED) is 0.924. The van der Waals surface area contributed by atoms with Gasteiger partial charge in [0.2, 0.25) is 5.91 Å². The third-order valence-corrected chi connectivity index (χ3v) is 3.50. The van der Waals surface area contributed by atoms with Gasteiger partial charge in [-0.05, 0) is 11.1 Å². The van der Waals surface area contributed by atoms with Crippen molar-refractivity contribution in [2.75, 3.05) is 20.1 Å². The summed E-state index contributed by atoms with van der Waals surface area (Å²) in [5.41, 5.74) is 1.94. The van der Waals surface area contributed by atoms with E-state index in [0.717, 1.165) is 11.1 Å². The number of carbonyl (C=O) groups is 1. The van der Waals surface area contributed by atoms with Gasteiger partial charge in [0.25, 0.3) is 0 Å². The van der Waals surface area contributed by atoms with E-state index in [4.69, 9.17) is 0 Å². The number of likely N-dealkylation sites (N-methyl/N-ethyl adjacent to an activating group) is 1. The maximum atomic E-state index is 12.3. The van der Waals surface area contributed by atoms with Crippen molar-refractivity contribution in [1.82, 2.24) is 10.2 Å². The normalized spacial score (nSPS) is 18.5. The van der Waals surface area contributed by atoms with Crippen LogP contribution in [0.15, 0.2) is 24.3 Å². The maximum Gasteiger partial charge on any atom is 0.390 e. The molecule has 0 aromatic heterocycles. The molecule has 1 N–H and O–H groups in total. The fraction of sp³-hybridized carbons (Fsp3) is 0.500. The first-order valence-corrected chi connectivity index (χ1v) is 6.49. The molecule has 0 saturated heterocycles. The molecule has 6 heteroatoms. The van der Waals surface area contributed by atoms with Crippen LogP contribution in [0.1, 0.15) is 23.5 Å². The monoisotopic (exact) mass is 286 g/mol. The summed E-state index contributed by atoms with van der Waals surface area (Å²) in [4.78, 5) is 13.5. The summed E-state index contributed by atoms with van der Waals surface area (Å²) < 4.78 is 36.6. The van der Waals surface area contributed by atoms with Crippen molar-refractivity contribution in [3.8, 4) is 0 Å². The molecule has 1 heterocycles. The molecule has 1 aromatic carbocycles. The second kappa shape index (κ2) is 5.83. The van der Waals surface area contributed by atoms with Gasteiger partial charge in [0.15, 0.2) is 0 Å². The molecule has 2 rings (SSSR count). The van der Waals surface area contributed by atoms with Crippen molar-refractivity contribution in [1.29, 1.82) is 0 Å². The lowest BCUT2D eigenvalue weighted by Crippen LogP contribution is -2.40. The molecule has 0 bridgehead atoms. The molecule has 3 nitrogen and oxygen atoms in total. The van der Waals surface area contributed by atoms with Gasteiger partial charge >= 0.3 is 6.18 Å². The maximum absolute atomic E-state index is 12.3. The zero-order valence-corrected chi connectivity index (χ0v) is 11.2. The van der Waals surface area contributed by atoms with E-state index in [2.05, 4.69) is 5.32 Å². The number of nitrogens with one attached hydrogen (secondary N) is 1. The van der Waals surface area contributed by atoms with E-state index in [9.17, 15) is 18.0 Å². The van der Waals surface area contributed by atoms with Gasteiger partial charge in [-0.2, -0.15) is 13.2 Å². The van der Waals surface area contributed by atoms with Gasteiger partial charge in [0.05, 0.1) is 12.3 Å². The lowest BCUT2D eigenvalue weighted by atomic mass is 9.90. The van der Waals surface area contributed by atoms with E-state index < -0.39 is 18.5 Å². The van der Waals surface area contributed by atoms with E-state index in [1.165, 1.54) is 11.9 Å². The minimum absolute atomic E-state index is 0.270. The van der Waals surface area contributed by atoms with Crippen molar-refractivity contribution in [3.63, 3.8) is 0 Å². The minimum atomic E-state index is -4.24. The van der Waals surface area contributed by atoms with Gasteiger partial charge in [-0.15, -0.1) is 0 Å². The Balaban J connectivity index is 2.07. The Kier molecular flexibility index (Phi) is 4.32. The molecule has 1 aromatic rings. The third-order valence-electron chi connectivity index (χ3n) is 3.50. The molecule has 1 aliphatic rings. The van der Waals surface area contributed by atoms with E-state index >= 15 is 0 Å². The second-order valence-corrected chi connectivity index (χ2v) is 5.01. The Hall–Kier alpha value is -1.56. The van der Waals surface area contributed by atoms with Gasteiger partial charge in [-0.3, -0.25) is 4.79 Å². The number of carbonyl (C=O) groups excluding carboxylic acids is 1. The van der Waals surface area contributed by atoms with Crippen LogP contribution >= 0.6 is 0 Å². The summed E-state index contributed by atoms with van der Waals surface area (Å²) in [7, 11) is 1.42. The Bertz CT molecular complexity index is 488. The Morgan fingerprint density at radius 3 is 2.80 bits per heavy atom. The number of hydrogen-bond acceptors (Lipinski definition) is 2. The predicted molar refractivity (Wildman–Crippen MR) is 69.2 cm³/mol. The predicted octanol–water partition coefficient (Wildman–Crippen LogP) is 2.28. The van der Waals surface area contributed by atoms with Gasteiger partial charge < -0.3 is 10.2 Å². The highest BCUT2D eigenvalue weighted by atomic mass is 19.4. The molecular formula is C14H17F3N2O. The molecule has 0 spiro atoms. The molecule has 1 amide bonds. The smallest absolute Gasteiger partial charge is 0.345 e. The van der Waals surface area contributed by atoms with Crippen LogP contribution in [-0.4, -0.2) is 37.1 Å². The second-order valence-electron chi connectivity index (χ2n) is 5.01. The van der Waals surface area contributed by atoms with Crippen LogP contribution in [0, 0.1) is 0 Å². The SMILES string of the molecule is CN(CCC(F)(F)F)C(=O)C1CNCc2ccccc21. The summed E-state index contributed by atoms with van der Waals surface area (Å²) in [6.07, 6.45) is -5.21. The van der Waals surface area contributed by atoms with Gasteiger partial charge in [-0.25, -0.2) is 0 Å². The summed E-state index contributed by atoms with van der Waals surface area (Å²) in [5.74, 6) is -0.674. The molecule has 0 saturated carbocycles. The topological polar surface area (TPSA) is 32.3 Å². The van der Waals surface area contributed by atoms with Gasteiger partial charge in [-0.1, -0.05) is 24.3 Å². The first kappa shape index (κ1) is 14.8. The van der Waals surface area contributed by atoms with Gasteiger partial charge in [0, 0.05) is 26.7 Å². The van der Waals surface area contributed by atoms with Crippen molar-refractivity contribution in [2.24, 2.45) is 0 Å². The lowest BCUT2D eigenvalue weighted by Gasteiger charge is -2.29. The lowest BCUT2D eigenvalue weighted by molar-refractivity contribution is -0.144. The van der Waals surface area contributed by atoms with Crippen LogP contribution in [0.3, 0.4) is 0 Å². The molecule has 110 valence electrons. The number of amides is 1. The molecular weight excluding hydrogens is 269 g/mol.